The number of phenols is 1. The molecule has 1 aromatic heterocycles. The number of aromatic nitrogens is 1. The fourth-order valence-corrected chi connectivity index (χ4v) is 1.38. The molecule has 2 aromatic rings. The minimum absolute atomic E-state index is 0.0901. The summed E-state index contributed by atoms with van der Waals surface area (Å²) in [5, 5.41) is 12.1. The van der Waals surface area contributed by atoms with Gasteiger partial charge in [-0.3, -0.25) is 4.79 Å². The van der Waals surface area contributed by atoms with E-state index in [1.807, 2.05) is 0 Å². The van der Waals surface area contributed by atoms with E-state index in [0.29, 0.717) is 11.6 Å². The maximum atomic E-state index is 11.8. The van der Waals surface area contributed by atoms with E-state index < -0.39 is 5.91 Å². The number of hydrogen-bond acceptors (Lipinski definition) is 4. The Balaban J connectivity index is 2.14. The van der Waals surface area contributed by atoms with Crippen LogP contribution in [-0.4, -0.2) is 23.1 Å². The quantitative estimate of drug-likeness (QED) is 0.863. The van der Waals surface area contributed by atoms with Crippen molar-refractivity contribution in [2.45, 2.75) is 0 Å². The predicted molar refractivity (Wildman–Crippen MR) is 65.7 cm³/mol. The number of rotatable bonds is 3. The second kappa shape index (κ2) is 5.18. The van der Waals surface area contributed by atoms with Gasteiger partial charge in [-0.1, -0.05) is 6.07 Å². The third kappa shape index (κ3) is 2.57. The lowest BCUT2D eigenvalue weighted by Gasteiger charge is -2.06. The number of nitrogens with one attached hydrogen (secondary N) is 1. The van der Waals surface area contributed by atoms with Crippen LogP contribution in [0, 0.1) is 6.07 Å². The average Bonchev–Trinajstić information content (AvgIpc) is 2.40. The number of nitrogens with zero attached hydrogens (tertiary/aromatic N) is 1. The van der Waals surface area contributed by atoms with Crippen molar-refractivity contribution >= 4 is 11.6 Å². The van der Waals surface area contributed by atoms with E-state index in [2.05, 4.69) is 16.4 Å². The molecule has 1 aromatic carbocycles. The fraction of sp³-hybridized carbons (Fsp3) is 0.0769. The molecule has 91 valence electrons. The zero-order valence-corrected chi connectivity index (χ0v) is 9.68. The molecule has 0 fully saturated rings. The van der Waals surface area contributed by atoms with Gasteiger partial charge in [0.1, 0.15) is 5.75 Å². The second-order valence-corrected chi connectivity index (χ2v) is 3.49. The Morgan fingerprint density at radius 1 is 1.44 bits per heavy atom. The minimum atomic E-state index is -0.420. The van der Waals surface area contributed by atoms with Crippen LogP contribution >= 0.6 is 0 Å². The highest BCUT2D eigenvalue weighted by Gasteiger charge is 2.10. The molecule has 5 nitrogen and oxygen atoms in total. The molecule has 0 bridgehead atoms. The van der Waals surface area contributed by atoms with Gasteiger partial charge in [-0.25, -0.2) is 4.98 Å². The summed E-state index contributed by atoms with van der Waals surface area (Å²) in [6.45, 7) is 0. The molecule has 5 heteroatoms. The van der Waals surface area contributed by atoms with E-state index in [0.717, 1.165) is 0 Å². The van der Waals surface area contributed by atoms with Crippen LogP contribution in [-0.2, 0) is 0 Å². The maximum absolute atomic E-state index is 11.8. The first-order chi connectivity index (χ1) is 8.70. The van der Waals surface area contributed by atoms with Gasteiger partial charge in [0.2, 0.25) is 5.88 Å². The Labute approximate surface area is 104 Å². The molecular weight excluding hydrogens is 232 g/mol. The van der Waals surface area contributed by atoms with Crippen LogP contribution in [0.5, 0.6) is 11.6 Å². The highest BCUT2D eigenvalue weighted by atomic mass is 16.5. The molecule has 1 radical (unpaired) electrons. The number of anilines is 1. The summed E-state index contributed by atoms with van der Waals surface area (Å²) >= 11 is 0. The molecule has 1 amide bonds. The van der Waals surface area contributed by atoms with Crippen molar-refractivity contribution < 1.29 is 14.6 Å². The summed E-state index contributed by atoms with van der Waals surface area (Å²) in [4.78, 5) is 15.8. The van der Waals surface area contributed by atoms with Crippen molar-refractivity contribution in [3.8, 4) is 11.6 Å². The zero-order valence-electron chi connectivity index (χ0n) is 9.68. The van der Waals surface area contributed by atoms with Crippen molar-refractivity contribution in [1.29, 1.82) is 0 Å². The number of phenolic OH excluding ortho intramolecular Hbond substituents is 1. The molecule has 0 atom stereocenters. The molecule has 0 aliphatic heterocycles. The summed E-state index contributed by atoms with van der Waals surface area (Å²) in [6.07, 6.45) is 1.47. The third-order valence-electron chi connectivity index (χ3n) is 2.29. The fourth-order valence-electron chi connectivity index (χ4n) is 1.38. The Hall–Kier alpha value is -2.56. The number of benzene rings is 1. The van der Waals surface area contributed by atoms with Crippen molar-refractivity contribution in [3.05, 3.63) is 48.2 Å². The Morgan fingerprint density at radius 3 is 2.89 bits per heavy atom. The minimum Gasteiger partial charge on any atom is -0.507 e. The van der Waals surface area contributed by atoms with E-state index in [-0.39, 0.29) is 11.3 Å². The highest BCUT2D eigenvalue weighted by Crippen LogP contribution is 2.18. The molecular formula is C13H11N2O3. The number of aromatic hydroxyl groups is 1. The van der Waals surface area contributed by atoms with Crippen LogP contribution in [0.25, 0.3) is 0 Å². The van der Waals surface area contributed by atoms with Crippen molar-refractivity contribution in [1.82, 2.24) is 4.98 Å². The number of hydrogen-bond donors (Lipinski definition) is 2. The van der Waals surface area contributed by atoms with Gasteiger partial charge in [0.25, 0.3) is 5.91 Å². The molecule has 0 saturated heterocycles. The smallest absolute Gasteiger partial charge is 0.259 e. The summed E-state index contributed by atoms with van der Waals surface area (Å²) < 4.78 is 4.91. The number of carbonyl (C=O) groups excluding carboxylic acids is 1. The SMILES string of the molecule is COc1ccc(NC(=O)c2c[c]ccc2O)cn1. The second-order valence-electron chi connectivity index (χ2n) is 3.49. The first kappa shape index (κ1) is 11.9. The van der Waals surface area contributed by atoms with E-state index >= 15 is 0 Å². The van der Waals surface area contributed by atoms with Crippen LogP contribution in [0.3, 0.4) is 0 Å². The van der Waals surface area contributed by atoms with Gasteiger partial charge in [-0.2, -0.15) is 0 Å². The molecule has 0 aliphatic carbocycles. The molecule has 18 heavy (non-hydrogen) atoms. The van der Waals surface area contributed by atoms with Gasteiger partial charge in [-0.15, -0.1) is 0 Å². The van der Waals surface area contributed by atoms with Crippen LogP contribution in [0.2, 0.25) is 0 Å². The van der Waals surface area contributed by atoms with Crippen LogP contribution in [0.4, 0.5) is 5.69 Å². The first-order valence-corrected chi connectivity index (χ1v) is 5.21. The van der Waals surface area contributed by atoms with Crippen LogP contribution in [0.1, 0.15) is 10.4 Å². The summed E-state index contributed by atoms with van der Waals surface area (Å²) in [7, 11) is 1.51. The molecule has 2 N–H and O–H groups in total. The molecule has 0 aliphatic rings. The molecule has 2 rings (SSSR count). The molecule has 0 saturated carbocycles. The van der Waals surface area contributed by atoms with Crippen molar-refractivity contribution in [2.24, 2.45) is 0 Å². The number of ether oxygens (including phenoxy) is 1. The molecule has 1 heterocycles. The van der Waals surface area contributed by atoms with Crippen LogP contribution < -0.4 is 10.1 Å². The molecule has 0 unspecified atom stereocenters. The number of pyridine rings is 1. The lowest BCUT2D eigenvalue weighted by atomic mass is 10.2. The lowest BCUT2D eigenvalue weighted by Crippen LogP contribution is -2.12. The Kier molecular flexibility index (Phi) is 3.43. The first-order valence-electron chi connectivity index (χ1n) is 5.21. The van der Waals surface area contributed by atoms with Gasteiger partial charge >= 0.3 is 0 Å². The van der Waals surface area contributed by atoms with Gasteiger partial charge < -0.3 is 15.2 Å². The monoisotopic (exact) mass is 243 g/mol. The average molecular weight is 243 g/mol. The Bertz CT molecular complexity index is 552. The van der Waals surface area contributed by atoms with Crippen molar-refractivity contribution in [2.75, 3.05) is 12.4 Å². The van der Waals surface area contributed by atoms with E-state index in [4.69, 9.17) is 4.74 Å². The highest BCUT2D eigenvalue weighted by molar-refractivity contribution is 6.05. The normalized spacial score (nSPS) is 9.83. The van der Waals surface area contributed by atoms with Crippen LogP contribution in [0.15, 0.2) is 36.5 Å². The summed E-state index contributed by atoms with van der Waals surface area (Å²) in [6, 6.07) is 10.4. The van der Waals surface area contributed by atoms with Crippen molar-refractivity contribution in [3.63, 3.8) is 0 Å². The van der Waals surface area contributed by atoms with E-state index in [1.54, 1.807) is 12.1 Å². The predicted octanol–water partition coefficient (Wildman–Crippen LogP) is 1.85. The van der Waals surface area contributed by atoms with Gasteiger partial charge in [0.05, 0.1) is 24.6 Å². The van der Waals surface area contributed by atoms with E-state index in [1.165, 1.54) is 31.5 Å². The maximum Gasteiger partial charge on any atom is 0.259 e. The molecule has 0 spiro atoms. The van der Waals surface area contributed by atoms with Gasteiger partial charge in [0, 0.05) is 6.07 Å². The summed E-state index contributed by atoms with van der Waals surface area (Å²) in [5.41, 5.74) is 0.678. The Morgan fingerprint density at radius 2 is 2.28 bits per heavy atom. The number of amides is 1. The zero-order chi connectivity index (χ0) is 13.0. The largest absolute Gasteiger partial charge is 0.507 e. The number of carbonyl (C=O) groups is 1. The van der Waals surface area contributed by atoms with E-state index in [9.17, 15) is 9.90 Å². The number of methoxy groups -OCH3 is 1. The standard InChI is InChI=1S/C13H11N2O3/c1-18-12-7-6-9(8-14-12)15-13(17)10-4-2-3-5-11(10)16/h3-8,16H,1H3,(H,15,17). The van der Waals surface area contributed by atoms with Gasteiger partial charge in [-0.05, 0) is 24.3 Å². The van der Waals surface area contributed by atoms with Gasteiger partial charge in [0.15, 0.2) is 0 Å². The lowest BCUT2D eigenvalue weighted by molar-refractivity contribution is 0.102. The summed E-state index contributed by atoms with van der Waals surface area (Å²) in [5.74, 6) is -0.0482. The topological polar surface area (TPSA) is 71.5 Å². The third-order valence-corrected chi connectivity index (χ3v) is 2.29.